The van der Waals surface area contributed by atoms with Crippen molar-refractivity contribution in [2.75, 3.05) is 7.05 Å². The highest BCUT2D eigenvalue weighted by Gasteiger charge is 2.11. The molecule has 0 rings (SSSR count). The first kappa shape index (κ1) is 11.9. The maximum atomic E-state index is 9.27. The lowest BCUT2D eigenvalue weighted by Crippen LogP contribution is -2.36. The molecule has 74 valence electrons. The summed E-state index contributed by atoms with van der Waals surface area (Å²) in [6.07, 6.45) is 4.72. The fourth-order valence-electron chi connectivity index (χ4n) is 1.26. The molecular weight excluding hydrogens is 150 g/mol. The Hall–Kier alpha value is -0.0800. The smallest absolute Gasteiger partial charge is 0.104 e. The number of aliphatic hydroxyl groups is 1. The maximum Gasteiger partial charge on any atom is 0.104 e. The molecule has 0 aromatic heterocycles. The molecule has 2 atom stereocenters. The summed E-state index contributed by atoms with van der Waals surface area (Å²) in [5.74, 6) is 0. The fraction of sp³-hybridized carbons (Fsp3) is 1.00. The number of hydrogen-bond acceptors (Lipinski definition) is 2. The highest BCUT2D eigenvalue weighted by atomic mass is 16.3. The Morgan fingerprint density at radius 3 is 2.25 bits per heavy atom. The van der Waals surface area contributed by atoms with Gasteiger partial charge in [-0.25, -0.2) is 0 Å². The molecule has 0 aromatic rings. The van der Waals surface area contributed by atoms with Gasteiger partial charge in [0.05, 0.1) is 0 Å². The molecule has 0 heterocycles. The molecule has 0 aliphatic heterocycles. The van der Waals surface area contributed by atoms with Crippen LogP contribution in [0.3, 0.4) is 0 Å². The van der Waals surface area contributed by atoms with Crippen LogP contribution in [0.25, 0.3) is 0 Å². The monoisotopic (exact) mass is 173 g/mol. The Labute approximate surface area is 76.6 Å². The van der Waals surface area contributed by atoms with Gasteiger partial charge in [0.25, 0.3) is 0 Å². The van der Waals surface area contributed by atoms with Crippen molar-refractivity contribution in [3.8, 4) is 0 Å². The molecule has 0 spiro atoms. The predicted molar refractivity (Wildman–Crippen MR) is 53.0 cm³/mol. The lowest BCUT2D eigenvalue weighted by molar-refractivity contribution is 0.0106. The molecule has 0 saturated heterocycles. The molecule has 2 heteroatoms. The summed E-state index contributed by atoms with van der Waals surface area (Å²) in [5.41, 5.74) is 0. The SMILES string of the molecule is CCCCCC(C)N(C)C(C)O. The Kier molecular flexibility index (Phi) is 6.39. The average Bonchev–Trinajstić information content (AvgIpc) is 2.03. The number of rotatable bonds is 6. The molecular formula is C10H23NO. The van der Waals surface area contributed by atoms with E-state index >= 15 is 0 Å². The largest absolute Gasteiger partial charge is 0.379 e. The van der Waals surface area contributed by atoms with Gasteiger partial charge in [-0.15, -0.1) is 0 Å². The zero-order valence-corrected chi connectivity index (χ0v) is 8.88. The number of aliphatic hydroxyl groups excluding tert-OH is 1. The molecule has 0 bridgehead atoms. The Morgan fingerprint density at radius 1 is 1.25 bits per heavy atom. The van der Waals surface area contributed by atoms with E-state index in [-0.39, 0.29) is 6.23 Å². The van der Waals surface area contributed by atoms with Gasteiger partial charge >= 0.3 is 0 Å². The van der Waals surface area contributed by atoms with Crippen LogP contribution in [-0.4, -0.2) is 29.3 Å². The van der Waals surface area contributed by atoms with Crippen molar-refractivity contribution < 1.29 is 5.11 Å². The Morgan fingerprint density at radius 2 is 1.83 bits per heavy atom. The van der Waals surface area contributed by atoms with Crippen LogP contribution in [0.5, 0.6) is 0 Å². The van der Waals surface area contributed by atoms with Crippen LogP contribution in [0.2, 0.25) is 0 Å². The second-order valence-corrected chi connectivity index (χ2v) is 3.64. The van der Waals surface area contributed by atoms with Gasteiger partial charge in [0.15, 0.2) is 0 Å². The van der Waals surface area contributed by atoms with Gasteiger partial charge < -0.3 is 5.11 Å². The molecule has 2 unspecified atom stereocenters. The molecule has 0 amide bonds. The summed E-state index contributed by atoms with van der Waals surface area (Å²) >= 11 is 0. The highest BCUT2D eigenvalue weighted by Crippen LogP contribution is 2.09. The average molecular weight is 173 g/mol. The number of nitrogens with zero attached hydrogens (tertiary/aromatic N) is 1. The third-order valence-electron chi connectivity index (χ3n) is 2.51. The molecule has 0 radical (unpaired) electrons. The lowest BCUT2D eigenvalue weighted by atomic mass is 10.1. The van der Waals surface area contributed by atoms with Crippen LogP contribution in [0.15, 0.2) is 0 Å². The molecule has 2 nitrogen and oxygen atoms in total. The van der Waals surface area contributed by atoms with E-state index in [1.807, 2.05) is 18.9 Å². The van der Waals surface area contributed by atoms with Gasteiger partial charge in [-0.3, -0.25) is 4.90 Å². The van der Waals surface area contributed by atoms with E-state index in [1.54, 1.807) is 0 Å². The van der Waals surface area contributed by atoms with Crippen LogP contribution in [-0.2, 0) is 0 Å². The minimum absolute atomic E-state index is 0.318. The number of hydrogen-bond donors (Lipinski definition) is 1. The van der Waals surface area contributed by atoms with Crippen molar-refractivity contribution in [1.82, 2.24) is 4.90 Å². The maximum absolute atomic E-state index is 9.27. The van der Waals surface area contributed by atoms with Gasteiger partial charge in [-0.2, -0.15) is 0 Å². The summed E-state index contributed by atoms with van der Waals surface area (Å²) in [6.45, 7) is 6.20. The van der Waals surface area contributed by atoms with Gasteiger partial charge in [0.1, 0.15) is 6.23 Å². The van der Waals surface area contributed by atoms with Crippen LogP contribution >= 0.6 is 0 Å². The second-order valence-electron chi connectivity index (χ2n) is 3.64. The predicted octanol–water partition coefficient (Wildman–Crippen LogP) is 2.23. The van der Waals surface area contributed by atoms with Crippen molar-refractivity contribution in [2.24, 2.45) is 0 Å². The fourth-order valence-corrected chi connectivity index (χ4v) is 1.26. The van der Waals surface area contributed by atoms with Crippen LogP contribution in [0.4, 0.5) is 0 Å². The summed E-state index contributed by atoms with van der Waals surface area (Å²) in [5, 5.41) is 9.27. The van der Waals surface area contributed by atoms with Crippen molar-refractivity contribution in [2.45, 2.75) is 58.7 Å². The van der Waals surface area contributed by atoms with Gasteiger partial charge in [-0.05, 0) is 27.3 Å². The summed E-state index contributed by atoms with van der Waals surface area (Å²) in [6, 6.07) is 0.497. The molecule has 0 saturated carbocycles. The van der Waals surface area contributed by atoms with E-state index in [2.05, 4.69) is 13.8 Å². The van der Waals surface area contributed by atoms with Crippen LogP contribution in [0, 0.1) is 0 Å². The molecule has 0 aliphatic rings. The van der Waals surface area contributed by atoms with Gasteiger partial charge in [0, 0.05) is 6.04 Å². The van der Waals surface area contributed by atoms with E-state index in [9.17, 15) is 5.11 Å². The summed E-state index contributed by atoms with van der Waals surface area (Å²) < 4.78 is 0. The molecule has 0 aliphatic carbocycles. The van der Waals surface area contributed by atoms with E-state index in [1.165, 1.54) is 25.7 Å². The zero-order valence-electron chi connectivity index (χ0n) is 8.88. The second kappa shape index (κ2) is 6.44. The minimum atomic E-state index is -0.318. The first-order valence-corrected chi connectivity index (χ1v) is 4.99. The highest BCUT2D eigenvalue weighted by molar-refractivity contribution is 4.63. The number of unbranched alkanes of at least 4 members (excludes halogenated alkanes) is 2. The topological polar surface area (TPSA) is 23.5 Å². The first-order chi connectivity index (χ1) is 5.59. The van der Waals surface area contributed by atoms with Crippen molar-refractivity contribution in [1.29, 1.82) is 0 Å². The van der Waals surface area contributed by atoms with Crippen molar-refractivity contribution >= 4 is 0 Å². The van der Waals surface area contributed by atoms with Gasteiger partial charge in [0.2, 0.25) is 0 Å². The van der Waals surface area contributed by atoms with Crippen LogP contribution < -0.4 is 0 Å². The normalized spacial score (nSPS) is 16.5. The minimum Gasteiger partial charge on any atom is -0.379 e. The van der Waals surface area contributed by atoms with Crippen LogP contribution in [0.1, 0.15) is 46.5 Å². The molecule has 0 aromatic carbocycles. The quantitative estimate of drug-likeness (QED) is 0.492. The van der Waals surface area contributed by atoms with E-state index in [4.69, 9.17) is 0 Å². The third-order valence-corrected chi connectivity index (χ3v) is 2.51. The van der Waals surface area contributed by atoms with E-state index < -0.39 is 0 Å². The Bertz CT molecular complexity index is 104. The molecule has 12 heavy (non-hydrogen) atoms. The molecule has 0 fully saturated rings. The van der Waals surface area contributed by atoms with Crippen molar-refractivity contribution in [3.05, 3.63) is 0 Å². The van der Waals surface area contributed by atoms with E-state index in [0.717, 1.165) is 0 Å². The summed E-state index contributed by atoms with van der Waals surface area (Å²) in [7, 11) is 1.97. The lowest BCUT2D eigenvalue weighted by Gasteiger charge is -2.27. The van der Waals surface area contributed by atoms with E-state index in [0.29, 0.717) is 6.04 Å². The van der Waals surface area contributed by atoms with Gasteiger partial charge in [-0.1, -0.05) is 26.2 Å². The third kappa shape index (κ3) is 4.73. The molecule has 1 N–H and O–H groups in total. The summed E-state index contributed by atoms with van der Waals surface area (Å²) in [4.78, 5) is 2.01. The van der Waals surface area contributed by atoms with Crippen molar-refractivity contribution in [3.63, 3.8) is 0 Å². The Balaban J connectivity index is 3.49. The zero-order chi connectivity index (χ0) is 9.56. The standard InChI is InChI=1S/C10H23NO/c1-5-6-7-8-9(2)11(4)10(3)12/h9-10,12H,5-8H2,1-4H3. The first-order valence-electron chi connectivity index (χ1n) is 4.99.